The van der Waals surface area contributed by atoms with Crippen LogP contribution < -0.4 is 10.5 Å². The summed E-state index contributed by atoms with van der Waals surface area (Å²) in [6.45, 7) is 4.48. The number of benzene rings is 1. The van der Waals surface area contributed by atoms with Crippen LogP contribution in [0.25, 0.3) is 0 Å². The van der Waals surface area contributed by atoms with Crippen molar-refractivity contribution in [3.05, 3.63) is 29.8 Å². The minimum Gasteiger partial charge on any atom is -0.330 e. The van der Waals surface area contributed by atoms with Gasteiger partial charge in [-0.2, -0.15) is 0 Å². The van der Waals surface area contributed by atoms with Gasteiger partial charge in [-0.15, -0.1) is 0 Å². The van der Waals surface area contributed by atoms with Gasteiger partial charge in [0.05, 0.1) is 4.90 Å². The highest BCUT2D eigenvalue weighted by Crippen LogP contribution is 2.12. The first-order chi connectivity index (χ1) is 8.49. The van der Waals surface area contributed by atoms with Gasteiger partial charge in [-0.25, -0.2) is 13.1 Å². The molecule has 18 heavy (non-hydrogen) atoms. The predicted octanol–water partition coefficient (Wildman–Crippen LogP) is 1.65. The lowest BCUT2D eigenvalue weighted by molar-refractivity contribution is 0.544. The van der Waals surface area contributed by atoms with E-state index in [2.05, 4.69) is 4.72 Å². The minimum atomic E-state index is -3.39. The summed E-state index contributed by atoms with van der Waals surface area (Å²) in [6.07, 6.45) is 2.56. The van der Waals surface area contributed by atoms with E-state index in [9.17, 15) is 8.42 Å². The van der Waals surface area contributed by atoms with Crippen LogP contribution >= 0.6 is 0 Å². The van der Waals surface area contributed by atoms with Crippen LogP contribution in [0, 0.1) is 0 Å². The Morgan fingerprint density at radius 2 is 1.89 bits per heavy atom. The fraction of sp³-hybridized carbons (Fsp3) is 0.538. The molecule has 102 valence electrons. The number of rotatable bonds is 7. The van der Waals surface area contributed by atoms with E-state index in [1.54, 1.807) is 12.1 Å². The lowest BCUT2D eigenvalue weighted by Gasteiger charge is -2.13. The molecule has 0 saturated carbocycles. The molecule has 5 heteroatoms. The number of nitrogens with one attached hydrogen (secondary N) is 1. The highest BCUT2D eigenvalue weighted by Gasteiger charge is 2.16. The molecule has 1 aromatic carbocycles. The van der Waals surface area contributed by atoms with Crippen molar-refractivity contribution in [1.82, 2.24) is 4.72 Å². The van der Waals surface area contributed by atoms with E-state index >= 15 is 0 Å². The van der Waals surface area contributed by atoms with Gasteiger partial charge >= 0.3 is 0 Å². The van der Waals surface area contributed by atoms with Crippen LogP contribution in [0.15, 0.2) is 29.2 Å². The zero-order chi connectivity index (χ0) is 13.6. The van der Waals surface area contributed by atoms with Gasteiger partial charge in [0, 0.05) is 6.04 Å². The van der Waals surface area contributed by atoms with Crippen LogP contribution in [0.1, 0.15) is 32.3 Å². The molecular weight excluding hydrogens is 248 g/mol. The third-order valence-electron chi connectivity index (χ3n) is 2.74. The first-order valence-corrected chi connectivity index (χ1v) is 7.79. The average Bonchev–Trinajstić information content (AvgIpc) is 2.29. The zero-order valence-corrected chi connectivity index (χ0v) is 11.8. The third-order valence-corrected chi connectivity index (χ3v) is 4.35. The molecule has 1 rings (SSSR count). The Kier molecular flexibility index (Phi) is 5.78. The van der Waals surface area contributed by atoms with Gasteiger partial charge in [-0.1, -0.05) is 25.5 Å². The van der Waals surface area contributed by atoms with Crippen molar-refractivity contribution in [3.8, 4) is 0 Å². The lowest BCUT2D eigenvalue weighted by atomic mass is 10.2. The zero-order valence-electron chi connectivity index (χ0n) is 11.0. The Morgan fingerprint density at radius 3 is 2.39 bits per heavy atom. The van der Waals surface area contributed by atoms with Crippen LogP contribution in [0.3, 0.4) is 0 Å². The maximum absolute atomic E-state index is 12.1. The molecule has 1 atom stereocenters. The molecule has 0 spiro atoms. The second kappa shape index (κ2) is 6.87. The largest absolute Gasteiger partial charge is 0.330 e. The van der Waals surface area contributed by atoms with Crippen LogP contribution in [-0.2, 0) is 16.4 Å². The van der Waals surface area contributed by atoms with Crippen LogP contribution in [-0.4, -0.2) is 21.0 Å². The molecule has 0 aromatic heterocycles. The summed E-state index contributed by atoms with van der Waals surface area (Å²) in [6, 6.07) is 6.85. The molecule has 1 aromatic rings. The molecule has 0 aliphatic rings. The minimum absolute atomic E-state index is 0.0382. The van der Waals surface area contributed by atoms with Crippen molar-refractivity contribution in [3.63, 3.8) is 0 Å². The van der Waals surface area contributed by atoms with E-state index in [-0.39, 0.29) is 6.04 Å². The molecule has 0 radical (unpaired) electrons. The van der Waals surface area contributed by atoms with E-state index < -0.39 is 10.0 Å². The van der Waals surface area contributed by atoms with Gasteiger partial charge < -0.3 is 5.73 Å². The summed E-state index contributed by atoms with van der Waals surface area (Å²) >= 11 is 0. The molecule has 0 fully saturated rings. The Morgan fingerprint density at radius 1 is 1.28 bits per heavy atom. The lowest BCUT2D eigenvalue weighted by Crippen LogP contribution is -2.32. The summed E-state index contributed by atoms with van der Waals surface area (Å²) < 4.78 is 26.8. The molecule has 0 amide bonds. The van der Waals surface area contributed by atoms with Gasteiger partial charge in [0.1, 0.15) is 0 Å². The SMILES string of the molecule is CCCC(C)NS(=O)(=O)c1ccc(CCN)cc1. The summed E-state index contributed by atoms with van der Waals surface area (Å²) in [7, 11) is -3.39. The Bertz CT molecular complexity index is 454. The summed E-state index contributed by atoms with van der Waals surface area (Å²) in [5.74, 6) is 0. The van der Waals surface area contributed by atoms with Crippen LogP contribution in [0.2, 0.25) is 0 Å². The normalized spacial score (nSPS) is 13.5. The quantitative estimate of drug-likeness (QED) is 0.791. The second-order valence-electron chi connectivity index (χ2n) is 4.49. The predicted molar refractivity (Wildman–Crippen MR) is 73.9 cm³/mol. The van der Waals surface area contributed by atoms with Gasteiger partial charge in [0.2, 0.25) is 10.0 Å². The molecule has 0 saturated heterocycles. The van der Waals surface area contributed by atoms with E-state index in [1.807, 2.05) is 26.0 Å². The molecule has 0 aliphatic carbocycles. The number of sulfonamides is 1. The van der Waals surface area contributed by atoms with E-state index in [0.29, 0.717) is 11.4 Å². The monoisotopic (exact) mass is 270 g/mol. The maximum Gasteiger partial charge on any atom is 0.240 e. The molecule has 1 unspecified atom stereocenters. The fourth-order valence-electron chi connectivity index (χ4n) is 1.83. The highest BCUT2D eigenvalue weighted by molar-refractivity contribution is 7.89. The fourth-order valence-corrected chi connectivity index (χ4v) is 3.10. The van der Waals surface area contributed by atoms with Gasteiger partial charge in [0.15, 0.2) is 0 Å². The second-order valence-corrected chi connectivity index (χ2v) is 6.21. The standard InChI is InChI=1S/C13H22N2O2S/c1-3-4-11(2)15-18(16,17)13-7-5-12(6-8-13)9-10-14/h5-8,11,15H,3-4,9-10,14H2,1-2H3. The van der Waals surface area contributed by atoms with E-state index in [4.69, 9.17) is 5.73 Å². The Hall–Kier alpha value is -0.910. The Labute approximate surface area is 110 Å². The molecular formula is C13H22N2O2S. The summed E-state index contributed by atoms with van der Waals surface area (Å²) in [4.78, 5) is 0.311. The maximum atomic E-state index is 12.1. The molecule has 4 nitrogen and oxygen atoms in total. The van der Waals surface area contributed by atoms with E-state index in [1.165, 1.54) is 0 Å². The highest BCUT2D eigenvalue weighted by atomic mass is 32.2. The van der Waals surface area contributed by atoms with Crippen LogP contribution in [0.4, 0.5) is 0 Å². The first-order valence-electron chi connectivity index (χ1n) is 6.31. The van der Waals surface area contributed by atoms with Crippen molar-refractivity contribution in [2.45, 2.75) is 44.0 Å². The Balaban J connectivity index is 2.78. The molecule has 0 bridgehead atoms. The van der Waals surface area contributed by atoms with Gasteiger partial charge in [0.25, 0.3) is 0 Å². The number of hydrogen-bond donors (Lipinski definition) is 2. The van der Waals surface area contributed by atoms with Crippen LogP contribution in [0.5, 0.6) is 0 Å². The summed E-state index contributed by atoms with van der Waals surface area (Å²) in [5.41, 5.74) is 6.51. The molecule has 3 N–H and O–H groups in total. The van der Waals surface area contributed by atoms with Gasteiger partial charge in [-0.05, 0) is 44.0 Å². The number of hydrogen-bond acceptors (Lipinski definition) is 3. The van der Waals surface area contributed by atoms with Crippen molar-refractivity contribution >= 4 is 10.0 Å². The van der Waals surface area contributed by atoms with Gasteiger partial charge in [-0.3, -0.25) is 0 Å². The van der Waals surface area contributed by atoms with Crippen molar-refractivity contribution < 1.29 is 8.42 Å². The van der Waals surface area contributed by atoms with Crippen molar-refractivity contribution in [2.24, 2.45) is 5.73 Å². The number of nitrogens with two attached hydrogens (primary N) is 1. The first kappa shape index (κ1) is 15.1. The summed E-state index contributed by atoms with van der Waals surface area (Å²) in [5, 5.41) is 0. The average molecular weight is 270 g/mol. The third kappa shape index (κ3) is 4.40. The van der Waals surface area contributed by atoms with E-state index in [0.717, 1.165) is 24.8 Å². The molecule has 0 aliphatic heterocycles. The van der Waals surface area contributed by atoms with Crippen molar-refractivity contribution in [2.75, 3.05) is 6.54 Å². The smallest absolute Gasteiger partial charge is 0.240 e. The molecule has 0 heterocycles. The topological polar surface area (TPSA) is 72.2 Å². The van der Waals surface area contributed by atoms with Crippen molar-refractivity contribution in [1.29, 1.82) is 0 Å².